The number of nitrogens with zero attached hydrogens (tertiary/aromatic N) is 5. The Morgan fingerprint density at radius 1 is 1.41 bits per heavy atom. The van der Waals surface area contributed by atoms with Crippen LogP contribution < -0.4 is 26.2 Å². The number of rotatable bonds is 8. The molecule has 3 aliphatic rings. The highest BCUT2D eigenvalue weighted by Gasteiger charge is 2.40. The number of thioether (sulfide) groups is 1. The molecule has 3 aliphatic heterocycles. The van der Waals surface area contributed by atoms with Gasteiger partial charge in [0.25, 0.3) is 0 Å². The minimum atomic E-state index is -4.51. The number of urea groups is 1. The highest BCUT2D eigenvalue weighted by molar-refractivity contribution is 8.03. The second-order valence-electron chi connectivity index (χ2n) is 8.66. The number of hydrogen-bond donors (Lipinski definition) is 4. The van der Waals surface area contributed by atoms with E-state index in [0.29, 0.717) is 33.8 Å². The Bertz CT molecular complexity index is 1350. The number of halogens is 3. The maximum absolute atomic E-state index is 12.9. The lowest BCUT2D eigenvalue weighted by atomic mass is 10.2. The number of amides is 3. The summed E-state index contributed by atoms with van der Waals surface area (Å²) in [5.41, 5.74) is 1.32. The van der Waals surface area contributed by atoms with Gasteiger partial charge in [0.2, 0.25) is 17.8 Å². The summed E-state index contributed by atoms with van der Waals surface area (Å²) in [6, 6.07) is -1.54. The van der Waals surface area contributed by atoms with E-state index in [0.717, 1.165) is 11.1 Å². The number of aliphatic imine (C=N–C) groups is 1. The van der Waals surface area contributed by atoms with Gasteiger partial charge in [-0.05, 0) is 6.92 Å². The third-order valence-electron chi connectivity index (χ3n) is 5.98. The molecule has 39 heavy (non-hydrogen) atoms. The predicted molar refractivity (Wildman–Crippen MR) is 137 cm³/mol. The van der Waals surface area contributed by atoms with Crippen molar-refractivity contribution in [3.05, 3.63) is 52.0 Å². The van der Waals surface area contributed by atoms with Crippen molar-refractivity contribution in [1.82, 2.24) is 30.8 Å². The third-order valence-corrected chi connectivity index (χ3v) is 7.01. The van der Waals surface area contributed by atoms with E-state index in [9.17, 15) is 32.8 Å². The highest BCUT2D eigenvalue weighted by Crippen LogP contribution is 2.28. The molecule has 17 heteroatoms. The first kappa shape index (κ1) is 27.7. The molecule has 4 N–H and O–H groups in total. The van der Waals surface area contributed by atoms with E-state index in [-0.39, 0.29) is 18.1 Å². The molecule has 3 atom stereocenters. The Balaban J connectivity index is 1.34. The molecule has 1 aromatic rings. The van der Waals surface area contributed by atoms with Gasteiger partial charge in [-0.2, -0.15) is 17.9 Å². The fourth-order valence-corrected chi connectivity index (χ4v) is 4.62. The molecule has 4 heterocycles. The standard InChI is InChI=1S/C22H24F3N9O4S/c1-11-4-14(34(11)38)7-28-21(37)32(3)17-15(8-35)33(10-29-17)12(2)18(36)30-16-9-39-19(31-16)13-5-26-20(27-6-13)22(23,24)25/h4-6,8-10,12,19-20,26,31H,7H2,1-3H3,(H,28,37)(H,30,36)/t12-,19?,20?/m0/s1. The van der Waals surface area contributed by atoms with Crippen molar-refractivity contribution in [2.24, 2.45) is 4.99 Å². The topological polar surface area (TPSA) is 159 Å². The zero-order valence-corrected chi connectivity index (χ0v) is 21.6. The lowest BCUT2D eigenvalue weighted by Gasteiger charge is -2.23. The van der Waals surface area contributed by atoms with Crippen LogP contribution in [0.5, 0.6) is 0 Å². The van der Waals surface area contributed by atoms with Crippen molar-refractivity contribution in [2.45, 2.75) is 37.6 Å². The second kappa shape index (κ2) is 10.8. The fourth-order valence-electron chi connectivity index (χ4n) is 3.74. The lowest BCUT2D eigenvalue weighted by Crippen LogP contribution is -2.42. The number of aldehydes is 1. The Morgan fingerprint density at radius 3 is 2.74 bits per heavy atom. The monoisotopic (exact) mass is 567 g/mol. The van der Waals surface area contributed by atoms with Crippen molar-refractivity contribution in [1.29, 1.82) is 0 Å². The van der Waals surface area contributed by atoms with E-state index in [1.807, 2.05) is 0 Å². The Kier molecular flexibility index (Phi) is 7.71. The first-order valence-corrected chi connectivity index (χ1v) is 12.4. The first-order valence-electron chi connectivity index (χ1n) is 11.4. The third kappa shape index (κ3) is 5.76. The molecule has 0 aliphatic carbocycles. The van der Waals surface area contributed by atoms with Gasteiger partial charge in [-0.3, -0.25) is 19.5 Å². The van der Waals surface area contributed by atoms with Gasteiger partial charge in [-0.15, -0.1) is 11.8 Å². The molecule has 0 bridgehead atoms. The fraction of sp³-hybridized carbons (Fsp3) is 0.364. The van der Waals surface area contributed by atoms with Gasteiger partial charge >= 0.3 is 12.2 Å². The molecule has 0 saturated heterocycles. The number of hydroxylamine groups is 1. The molecular formula is C22H24F3N9O4S. The number of anilines is 1. The van der Waals surface area contributed by atoms with Crippen LogP contribution in [-0.4, -0.2) is 75.7 Å². The summed E-state index contributed by atoms with van der Waals surface area (Å²) in [6.07, 6.45) is -0.836. The van der Waals surface area contributed by atoms with Crippen LogP contribution in [0.2, 0.25) is 0 Å². The van der Waals surface area contributed by atoms with Gasteiger partial charge < -0.3 is 31.0 Å². The van der Waals surface area contributed by atoms with Crippen LogP contribution in [0.4, 0.5) is 23.8 Å². The number of imidazole rings is 1. The second-order valence-corrected chi connectivity index (χ2v) is 9.64. The van der Waals surface area contributed by atoms with Crippen LogP contribution in [0.1, 0.15) is 30.4 Å². The van der Waals surface area contributed by atoms with Gasteiger partial charge in [0, 0.05) is 37.4 Å². The van der Waals surface area contributed by atoms with E-state index in [4.69, 9.17) is 0 Å². The molecule has 4 rings (SSSR count). The molecule has 13 nitrogen and oxygen atoms in total. The molecular weight excluding hydrogens is 543 g/mol. The van der Waals surface area contributed by atoms with Gasteiger partial charge in [-0.1, -0.05) is 0 Å². The Hall–Kier alpha value is -4.28. The summed E-state index contributed by atoms with van der Waals surface area (Å²) in [5.74, 6) is -0.202. The summed E-state index contributed by atoms with van der Waals surface area (Å²) in [7, 11) is 1.39. The smallest absolute Gasteiger partial charge is 0.429 e. The molecule has 3 amide bonds. The Morgan fingerprint density at radius 2 is 2.15 bits per heavy atom. The van der Waals surface area contributed by atoms with Crippen LogP contribution in [-0.2, 0) is 4.79 Å². The maximum atomic E-state index is 12.9. The van der Waals surface area contributed by atoms with Crippen LogP contribution >= 0.6 is 11.8 Å². The molecule has 208 valence electrons. The van der Waals surface area contributed by atoms with Crippen LogP contribution in [0, 0.1) is 5.21 Å². The largest absolute Gasteiger partial charge is 0.618 e. The summed E-state index contributed by atoms with van der Waals surface area (Å²) >= 11 is 1.22. The predicted octanol–water partition coefficient (Wildman–Crippen LogP) is 1.30. The van der Waals surface area contributed by atoms with Crippen LogP contribution in [0.15, 0.2) is 46.1 Å². The van der Waals surface area contributed by atoms with Crippen molar-refractivity contribution < 1.29 is 32.3 Å². The van der Waals surface area contributed by atoms with Gasteiger partial charge in [0.15, 0.2) is 17.8 Å². The lowest BCUT2D eigenvalue weighted by molar-refractivity contribution is -0.414. The van der Waals surface area contributed by atoms with Crippen molar-refractivity contribution in [3.8, 4) is 0 Å². The summed E-state index contributed by atoms with van der Waals surface area (Å²) < 4.78 is 40.3. The molecule has 0 spiro atoms. The number of hydrogen-bond acceptors (Lipinski definition) is 9. The van der Waals surface area contributed by atoms with Crippen LogP contribution in [0.3, 0.4) is 0 Å². The van der Waals surface area contributed by atoms with Gasteiger partial charge in [0.1, 0.15) is 29.5 Å². The minimum Gasteiger partial charge on any atom is -0.618 e. The molecule has 0 fully saturated rings. The van der Waals surface area contributed by atoms with Crippen LogP contribution in [0.25, 0.3) is 0 Å². The molecule has 1 aromatic heterocycles. The van der Waals surface area contributed by atoms with Crippen molar-refractivity contribution >= 4 is 47.7 Å². The molecule has 0 aromatic carbocycles. The van der Waals surface area contributed by atoms with E-state index in [2.05, 4.69) is 31.2 Å². The number of aromatic nitrogens is 2. The number of allylic oxidation sites excluding steroid dienone is 1. The summed E-state index contributed by atoms with van der Waals surface area (Å²) in [6.45, 7) is 3.15. The number of alkyl halides is 3. The molecule has 2 unspecified atom stereocenters. The average molecular weight is 568 g/mol. The average Bonchev–Trinajstić information content (AvgIpc) is 3.56. The van der Waals surface area contributed by atoms with Gasteiger partial charge in [-0.25, -0.2) is 9.78 Å². The molecule has 0 radical (unpaired) electrons. The number of carbonyl (C=O) groups is 3. The summed E-state index contributed by atoms with van der Waals surface area (Å²) in [4.78, 5) is 46.0. The van der Waals surface area contributed by atoms with Gasteiger partial charge in [0.05, 0.1) is 12.4 Å². The van der Waals surface area contributed by atoms with E-state index < -0.39 is 35.7 Å². The Labute approximate surface area is 224 Å². The normalized spacial score (nSPS) is 21.0. The minimum absolute atomic E-state index is 0.00784. The van der Waals surface area contributed by atoms with E-state index >= 15 is 0 Å². The zero-order valence-electron chi connectivity index (χ0n) is 20.8. The van der Waals surface area contributed by atoms with Crippen molar-refractivity contribution in [2.75, 3.05) is 18.5 Å². The SMILES string of the molecule is CC1=[N+]([O-])C(CNC(=O)N(C)c2ncn([C@@H](C)C(=O)NC3=CSC(C4=CNC(C(F)(F)F)N=C4)N3)c2C=O)=C1. The molecule has 0 saturated carbocycles. The summed E-state index contributed by atoms with van der Waals surface area (Å²) in [5, 5.41) is 23.1. The van der Waals surface area contributed by atoms with E-state index in [1.165, 1.54) is 42.8 Å². The maximum Gasteiger partial charge on any atom is 0.429 e. The highest BCUT2D eigenvalue weighted by atomic mass is 32.2. The van der Waals surface area contributed by atoms with Crippen molar-refractivity contribution in [3.63, 3.8) is 0 Å². The first-order chi connectivity index (χ1) is 18.4. The van der Waals surface area contributed by atoms with E-state index in [1.54, 1.807) is 18.4 Å². The quantitative estimate of drug-likeness (QED) is 0.208. The number of nitrogens with one attached hydrogen (secondary N) is 4. The zero-order chi connectivity index (χ0) is 28.5. The number of carbonyl (C=O) groups excluding carboxylic acids is 3.